The fourth-order valence-electron chi connectivity index (χ4n) is 2.44. The molecule has 0 bridgehead atoms. The Morgan fingerprint density at radius 2 is 1.92 bits per heavy atom. The van der Waals surface area contributed by atoms with Crippen LogP contribution in [-0.4, -0.2) is 28.2 Å². The Morgan fingerprint density at radius 3 is 2.62 bits per heavy atom. The molecule has 1 heterocycles. The van der Waals surface area contributed by atoms with Gasteiger partial charge in [0, 0.05) is 4.90 Å². The fraction of sp³-hybridized carbons (Fsp3) is 0.200. The summed E-state index contributed by atoms with van der Waals surface area (Å²) in [5.74, 6) is 1.51. The lowest BCUT2D eigenvalue weighted by molar-refractivity contribution is -0.120. The number of benzene rings is 2. The predicted molar refractivity (Wildman–Crippen MR) is 104 cm³/mol. The second-order valence-electron chi connectivity index (χ2n) is 5.76. The zero-order chi connectivity index (χ0) is 18.4. The van der Waals surface area contributed by atoms with Crippen molar-refractivity contribution in [2.75, 3.05) is 7.11 Å². The number of hydrogen-bond acceptors (Lipinski definition) is 4. The first kappa shape index (κ1) is 18.1. The van der Waals surface area contributed by atoms with Crippen molar-refractivity contribution in [2.24, 2.45) is 0 Å². The van der Waals surface area contributed by atoms with Crippen LogP contribution in [0.25, 0.3) is 11.3 Å². The minimum atomic E-state index is -0.202. The molecule has 1 amide bonds. The molecule has 134 valence electrons. The van der Waals surface area contributed by atoms with Gasteiger partial charge >= 0.3 is 0 Å². The van der Waals surface area contributed by atoms with Gasteiger partial charge in [-0.3, -0.25) is 4.79 Å². The highest BCUT2D eigenvalue weighted by atomic mass is 32.2. The predicted octanol–water partition coefficient (Wildman–Crippen LogP) is 3.88. The topological polar surface area (TPSA) is 67.0 Å². The van der Waals surface area contributed by atoms with Crippen molar-refractivity contribution >= 4 is 17.7 Å². The molecular formula is C20H21N3O2S. The number of rotatable bonds is 7. The number of hydrogen-bond donors (Lipinski definition) is 2. The molecule has 0 saturated heterocycles. The maximum Gasteiger partial charge on any atom is 0.233 e. The number of imidazole rings is 1. The largest absolute Gasteiger partial charge is 0.497 e. The van der Waals surface area contributed by atoms with Gasteiger partial charge in [-0.15, -0.1) is 11.8 Å². The van der Waals surface area contributed by atoms with Crippen molar-refractivity contribution in [1.82, 2.24) is 15.3 Å². The van der Waals surface area contributed by atoms with Crippen LogP contribution in [0.2, 0.25) is 0 Å². The molecule has 1 unspecified atom stereocenters. The normalized spacial score (nSPS) is 11.8. The Kier molecular flexibility index (Phi) is 5.96. The molecule has 0 spiro atoms. The second-order valence-corrected chi connectivity index (χ2v) is 7.18. The summed E-state index contributed by atoms with van der Waals surface area (Å²) < 4.78 is 5.14. The smallest absolute Gasteiger partial charge is 0.233 e. The van der Waals surface area contributed by atoms with Gasteiger partial charge in [0.15, 0.2) is 0 Å². The highest BCUT2D eigenvalue weighted by Crippen LogP contribution is 2.25. The standard InChI is InChI=1S/C20H21N3O2S/c1-14(26-17-10-8-16(25-2)9-11-17)20(24)22-13-19-21-12-18(23-19)15-6-4-3-5-7-15/h3-12,14H,13H2,1-2H3,(H,21,23)(H,22,24). The molecule has 6 heteroatoms. The number of H-pyrrole nitrogens is 1. The minimum absolute atomic E-state index is 0.0246. The summed E-state index contributed by atoms with van der Waals surface area (Å²) in [4.78, 5) is 20.9. The van der Waals surface area contributed by atoms with E-state index in [2.05, 4.69) is 15.3 Å². The third kappa shape index (κ3) is 4.67. The van der Waals surface area contributed by atoms with Gasteiger partial charge in [-0.1, -0.05) is 30.3 Å². The van der Waals surface area contributed by atoms with Crippen LogP contribution in [0.15, 0.2) is 65.7 Å². The third-order valence-corrected chi connectivity index (χ3v) is 5.00. The number of carbonyl (C=O) groups is 1. The van der Waals surface area contributed by atoms with E-state index in [-0.39, 0.29) is 11.2 Å². The highest BCUT2D eigenvalue weighted by Gasteiger charge is 2.15. The summed E-state index contributed by atoms with van der Waals surface area (Å²) in [7, 11) is 1.63. The molecule has 1 aromatic heterocycles. The van der Waals surface area contributed by atoms with Gasteiger partial charge in [0.25, 0.3) is 0 Å². The number of nitrogens with one attached hydrogen (secondary N) is 2. The first-order valence-electron chi connectivity index (χ1n) is 8.33. The van der Waals surface area contributed by atoms with E-state index < -0.39 is 0 Å². The number of thioether (sulfide) groups is 1. The van der Waals surface area contributed by atoms with Gasteiger partial charge in [-0.2, -0.15) is 0 Å². The first-order valence-corrected chi connectivity index (χ1v) is 9.21. The average molecular weight is 367 g/mol. The molecule has 5 nitrogen and oxygen atoms in total. The highest BCUT2D eigenvalue weighted by molar-refractivity contribution is 8.00. The second kappa shape index (κ2) is 8.58. The molecule has 0 radical (unpaired) electrons. The van der Waals surface area contributed by atoms with Crippen molar-refractivity contribution in [3.8, 4) is 17.0 Å². The average Bonchev–Trinajstić information content (AvgIpc) is 3.16. The Bertz CT molecular complexity index is 847. The number of ether oxygens (including phenoxy) is 1. The van der Waals surface area contributed by atoms with Gasteiger partial charge in [-0.05, 0) is 36.8 Å². The molecular weight excluding hydrogens is 346 g/mol. The van der Waals surface area contributed by atoms with Crippen LogP contribution in [0.1, 0.15) is 12.7 Å². The van der Waals surface area contributed by atoms with Crippen LogP contribution in [0.3, 0.4) is 0 Å². The van der Waals surface area contributed by atoms with Crippen LogP contribution in [0.4, 0.5) is 0 Å². The quantitative estimate of drug-likeness (QED) is 0.622. The lowest BCUT2D eigenvalue weighted by Crippen LogP contribution is -2.30. The number of amides is 1. The van der Waals surface area contributed by atoms with E-state index in [0.29, 0.717) is 6.54 Å². The van der Waals surface area contributed by atoms with E-state index in [9.17, 15) is 4.79 Å². The van der Waals surface area contributed by atoms with Crippen molar-refractivity contribution in [3.63, 3.8) is 0 Å². The van der Waals surface area contributed by atoms with Crippen LogP contribution in [0, 0.1) is 0 Å². The van der Waals surface area contributed by atoms with Gasteiger partial charge in [0.05, 0.1) is 30.8 Å². The number of carbonyl (C=O) groups excluding carboxylic acids is 1. The van der Waals surface area contributed by atoms with Crippen LogP contribution < -0.4 is 10.1 Å². The van der Waals surface area contributed by atoms with Crippen molar-refractivity contribution in [3.05, 3.63) is 66.6 Å². The minimum Gasteiger partial charge on any atom is -0.497 e. The van der Waals surface area contributed by atoms with E-state index in [1.165, 1.54) is 11.8 Å². The first-order chi connectivity index (χ1) is 12.7. The number of nitrogens with zero attached hydrogens (tertiary/aromatic N) is 1. The molecule has 3 aromatic rings. The van der Waals surface area contributed by atoms with Gasteiger partial charge in [0.2, 0.25) is 5.91 Å². The summed E-state index contributed by atoms with van der Waals surface area (Å²) >= 11 is 1.51. The monoisotopic (exact) mass is 367 g/mol. The van der Waals surface area contributed by atoms with E-state index in [1.807, 2.05) is 61.5 Å². The van der Waals surface area contributed by atoms with E-state index in [0.717, 1.165) is 27.7 Å². The Morgan fingerprint density at radius 1 is 1.19 bits per heavy atom. The summed E-state index contributed by atoms with van der Waals surface area (Å²) in [6, 6.07) is 17.7. The van der Waals surface area contributed by atoms with Crippen LogP contribution in [0.5, 0.6) is 5.75 Å². The van der Waals surface area contributed by atoms with Crippen molar-refractivity contribution in [1.29, 1.82) is 0 Å². The Balaban J connectivity index is 1.52. The molecule has 0 aliphatic heterocycles. The maximum atomic E-state index is 12.3. The molecule has 0 aliphatic carbocycles. The third-order valence-electron chi connectivity index (χ3n) is 3.88. The summed E-state index contributed by atoms with van der Waals surface area (Å²) in [5, 5.41) is 2.73. The molecule has 2 aromatic carbocycles. The van der Waals surface area contributed by atoms with Crippen LogP contribution in [-0.2, 0) is 11.3 Å². The number of methoxy groups -OCH3 is 1. The Hall–Kier alpha value is -2.73. The van der Waals surface area contributed by atoms with Gasteiger partial charge in [0.1, 0.15) is 11.6 Å². The maximum absolute atomic E-state index is 12.3. The van der Waals surface area contributed by atoms with E-state index in [4.69, 9.17) is 4.74 Å². The molecule has 3 rings (SSSR count). The molecule has 0 saturated carbocycles. The lowest BCUT2D eigenvalue weighted by atomic mass is 10.2. The Labute approximate surface area is 157 Å². The fourth-order valence-corrected chi connectivity index (χ4v) is 3.34. The summed E-state index contributed by atoms with van der Waals surface area (Å²) in [5.41, 5.74) is 2.01. The summed E-state index contributed by atoms with van der Waals surface area (Å²) in [6.07, 6.45) is 1.78. The zero-order valence-corrected chi connectivity index (χ0v) is 15.5. The molecule has 26 heavy (non-hydrogen) atoms. The molecule has 2 N–H and O–H groups in total. The van der Waals surface area contributed by atoms with Crippen molar-refractivity contribution < 1.29 is 9.53 Å². The SMILES string of the molecule is COc1ccc(SC(C)C(=O)NCc2ncc(-c3ccccc3)[nH]2)cc1. The van der Waals surface area contributed by atoms with Crippen LogP contribution >= 0.6 is 11.8 Å². The molecule has 1 atom stereocenters. The van der Waals surface area contributed by atoms with Crippen molar-refractivity contribution in [2.45, 2.75) is 23.6 Å². The number of aromatic nitrogens is 2. The van der Waals surface area contributed by atoms with E-state index >= 15 is 0 Å². The zero-order valence-electron chi connectivity index (χ0n) is 14.7. The molecule has 0 fully saturated rings. The van der Waals surface area contributed by atoms with E-state index in [1.54, 1.807) is 13.3 Å². The summed E-state index contributed by atoms with van der Waals surface area (Å²) in [6.45, 7) is 2.26. The molecule has 0 aliphatic rings. The number of aromatic amines is 1. The van der Waals surface area contributed by atoms with Gasteiger partial charge < -0.3 is 15.0 Å². The van der Waals surface area contributed by atoms with Gasteiger partial charge in [-0.25, -0.2) is 4.98 Å². The lowest BCUT2D eigenvalue weighted by Gasteiger charge is -2.11.